The minimum Gasteiger partial charge on any atom is -0.359 e. The third-order valence-corrected chi connectivity index (χ3v) is 10.7. The molecule has 7 unspecified atom stereocenters. The number of rotatable bonds is 9. The predicted octanol–water partition coefficient (Wildman–Crippen LogP) is 9.02. The predicted molar refractivity (Wildman–Crippen MR) is 142 cm³/mol. The van der Waals surface area contributed by atoms with E-state index in [-0.39, 0.29) is 5.41 Å². The van der Waals surface area contributed by atoms with Crippen molar-refractivity contribution in [3.05, 3.63) is 11.6 Å². The molecule has 3 fully saturated rings. The molecule has 3 saturated carbocycles. The number of methoxy groups -OCH3 is 1. The van der Waals surface area contributed by atoms with Gasteiger partial charge in [0.2, 0.25) is 0 Å². The van der Waals surface area contributed by atoms with Crippen LogP contribution in [0, 0.1) is 40.4 Å². The molecule has 0 heterocycles. The Hall–Kier alpha value is -0.0500. The number of unbranched alkanes of at least 4 members (excludes halogenated alkanes) is 1. The first kappa shape index (κ1) is 27.5. The lowest BCUT2D eigenvalue weighted by Gasteiger charge is -2.58. The molecule has 0 bridgehead atoms. The second-order valence-electron chi connectivity index (χ2n) is 12.1. The largest absolute Gasteiger partial charge is 0.359 e. The van der Waals surface area contributed by atoms with Gasteiger partial charge in [-0.15, -0.1) is 11.6 Å². The lowest BCUT2D eigenvalue weighted by molar-refractivity contribution is -0.0969. The Morgan fingerprint density at radius 1 is 1.06 bits per heavy atom. The minimum atomic E-state index is 0.244. The van der Waals surface area contributed by atoms with Gasteiger partial charge < -0.3 is 9.47 Å². The molecule has 7 atom stereocenters. The van der Waals surface area contributed by atoms with E-state index in [1.165, 1.54) is 64.2 Å². The fraction of sp³-hybridized carbons (Fsp3) is 0.933. The smallest absolute Gasteiger partial charge is 0.146 e. The van der Waals surface area contributed by atoms with Crippen LogP contribution in [-0.2, 0) is 9.47 Å². The van der Waals surface area contributed by atoms with E-state index in [1.807, 2.05) is 13.8 Å². The van der Waals surface area contributed by atoms with Gasteiger partial charge in [0.1, 0.15) is 6.79 Å². The number of fused-ring (bicyclic) bond motifs is 5. The molecule has 0 saturated heterocycles. The molecule has 0 N–H and O–H groups in total. The Morgan fingerprint density at radius 2 is 1.85 bits per heavy atom. The van der Waals surface area contributed by atoms with Gasteiger partial charge in [-0.25, -0.2) is 0 Å². The average Bonchev–Trinajstić information content (AvgIpc) is 3.17. The topological polar surface area (TPSA) is 18.5 Å². The van der Waals surface area contributed by atoms with Gasteiger partial charge in [0.25, 0.3) is 0 Å². The van der Waals surface area contributed by atoms with Gasteiger partial charge >= 0.3 is 0 Å². The number of ether oxygens (including phenoxy) is 2. The van der Waals surface area contributed by atoms with Crippen LogP contribution in [0.1, 0.15) is 112 Å². The molecular weight excluding hydrogens is 428 g/mol. The SMILES string of the molecule is CC.COCOC1CCC2(CCl)C(=CCC3C2CCC2(C)C(CCCCC(C)C)CCC32)C1. The summed E-state index contributed by atoms with van der Waals surface area (Å²) in [4.78, 5) is 0. The molecule has 0 aromatic heterocycles. The Morgan fingerprint density at radius 3 is 2.55 bits per heavy atom. The van der Waals surface area contributed by atoms with E-state index >= 15 is 0 Å². The zero-order valence-electron chi connectivity index (χ0n) is 22.6. The molecule has 0 aromatic carbocycles. The maximum absolute atomic E-state index is 6.83. The molecule has 33 heavy (non-hydrogen) atoms. The summed E-state index contributed by atoms with van der Waals surface area (Å²) < 4.78 is 11.1. The van der Waals surface area contributed by atoms with Crippen LogP contribution in [-0.4, -0.2) is 25.9 Å². The molecule has 0 amide bonds. The number of allylic oxidation sites excluding steroid dienone is 1. The van der Waals surface area contributed by atoms with Crippen LogP contribution in [0.3, 0.4) is 0 Å². The second-order valence-corrected chi connectivity index (χ2v) is 12.3. The molecule has 4 aliphatic carbocycles. The molecule has 0 radical (unpaired) electrons. The average molecular weight is 481 g/mol. The molecule has 0 aliphatic heterocycles. The summed E-state index contributed by atoms with van der Waals surface area (Å²) in [6.07, 6.45) is 19.1. The summed E-state index contributed by atoms with van der Waals surface area (Å²) in [5, 5.41) is 0. The van der Waals surface area contributed by atoms with E-state index in [2.05, 4.69) is 26.8 Å². The van der Waals surface area contributed by atoms with Crippen LogP contribution < -0.4 is 0 Å². The van der Waals surface area contributed by atoms with E-state index in [1.54, 1.807) is 12.7 Å². The van der Waals surface area contributed by atoms with E-state index in [9.17, 15) is 0 Å². The Balaban J connectivity index is 0.00000149. The highest BCUT2D eigenvalue weighted by Gasteiger charge is 2.59. The summed E-state index contributed by atoms with van der Waals surface area (Å²) in [5.41, 5.74) is 2.45. The fourth-order valence-corrected chi connectivity index (χ4v) is 9.01. The highest BCUT2D eigenvalue weighted by molar-refractivity contribution is 6.18. The third kappa shape index (κ3) is 5.54. The highest BCUT2D eigenvalue weighted by atomic mass is 35.5. The van der Waals surface area contributed by atoms with Gasteiger partial charge in [-0.2, -0.15) is 0 Å². The van der Waals surface area contributed by atoms with Crippen molar-refractivity contribution in [1.82, 2.24) is 0 Å². The molecule has 4 aliphatic rings. The van der Waals surface area contributed by atoms with Gasteiger partial charge in [-0.3, -0.25) is 0 Å². The Bertz CT molecular complexity index is 631. The zero-order valence-corrected chi connectivity index (χ0v) is 23.4. The zero-order chi connectivity index (χ0) is 24.1. The van der Waals surface area contributed by atoms with Crippen LogP contribution >= 0.6 is 11.6 Å². The lowest BCUT2D eigenvalue weighted by Crippen LogP contribution is -2.52. The van der Waals surface area contributed by atoms with Crippen LogP contribution in [0.25, 0.3) is 0 Å². The molecule has 0 aromatic rings. The van der Waals surface area contributed by atoms with Gasteiger partial charge in [0, 0.05) is 18.4 Å². The summed E-state index contributed by atoms with van der Waals surface area (Å²) in [5.74, 6) is 5.19. The van der Waals surface area contributed by atoms with E-state index in [0.29, 0.717) is 18.3 Å². The van der Waals surface area contributed by atoms with Crippen molar-refractivity contribution < 1.29 is 9.47 Å². The first-order valence-electron chi connectivity index (χ1n) is 14.3. The fourth-order valence-electron chi connectivity index (χ4n) is 8.51. The summed E-state index contributed by atoms with van der Waals surface area (Å²) >= 11 is 6.83. The summed E-state index contributed by atoms with van der Waals surface area (Å²) in [6.45, 7) is 11.8. The summed E-state index contributed by atoms with van der Waals surface area (Å²) in [6, 6.07) is 0. The van der Waals surface area contributed by atoms with Crippen molar-refractivity contribution in [3.63, 3.8) is 0 Å². The number of hydrogen-bond donors (Lipinski definition) is 0. The van der Waals surface area contributed by atoms with Crippen molar-refractivity contribution >= 4 is 11.6 Å². The van der Waals surface area contributed by atoms with Crippen molar-refractivity contribution in [1.29, 1.82) is 0 Å². The molecule has 2 nitrogen and oxygen atoms in total. The quantitative estimate of drug-likeness (QED) is 0.142. The van der Waals surface area contributed by atoms with Gasteiger partial charge in [0.05, 0.1) is 6.10 Å². The second kappa shape index (κ2) is 12.3. The molecule has 192 valence electrons. The highest BCUT2D eigenvalue weighted by Crippen LogP contribution is 2.67. The van der Waals surface area contributed by atoms with Crippen molar-refractivity contribution in [2.45, 2.75) is 118 Å². The lowest BCUT2D eigenvalue weighted by atomic mass is 9.47. The normalized spacial score (nSPS) is 39.8. The van der Waals surface area contributed by atoms with E-state index in [4.69, 9.17) is 21.1 Å². The minimum absolute atomic E-state index is 0.244. The number of hydrogen-bond acceptors (Lipinski definition) is 2. The third-order valence-electron chi connectivity index (χ3n) is 10.2. The van der Waals surface area contributed by atoms with E-state index < -0.39 is 0 Å². The molecule has 4 rings (SSSR count). The van der Waals surface area contributed by atoms with Gasteiger partial charge in [-0.05, 0) is 92.8 Å². The first-order chi connectivity index (χ1) is 15.9. The maximum atomic E-state index is 6.83. The monoisotopic (exact) mass is 480 g/mol. The molecular formula is C30H53ClO2. The van der Waals surface area contributed by atoms with Crippen molar-refractivity contribution in [2.24, 2.45) is 40.4 Å². The van der Waals surface area contributed by atoms with Crippen LogP contribution in [0.5, 0.6) is 0 Å². The van der Waals surface area contributed by atoms with E-state index in [0.717, 1.165) is 48.3 Å². The van der Waals surface area contributed by atoms with Crippen LogP contribution in [0.4, 0.5) is 0 Å². The van der Waals surface area contributed by atoms with Gasteiger partial charge in [-0.1, -0.05) is 65.5 Å². The van der Waals surface area contributed by atoms with Gasteiger partial charge in [0.15, 0.2) is 0 Å². The maximum Gasteiger partial charge on any atom is 0.146 e. The number of halogens is 1. The van der Waals surface area contributed by atoms with Crippen LogP contribution in [0.2, 0.25) is 0 Å². The van der Waals surface area contributed by atoms with Crippen LogP contribution in [0.15, 0.2) is 11.6 Å². The summed E-state index contributed by atoms with van der Waals surface area (Å²) in [7, 11) is 1.72. The molecule has 3 heteroatoms. The first-order valence-corrected chi connectivity index (χ1v) is 14.8. The van der Waals surface area contributed by atoms with Crippen molar-refractivity contribution in [3.8, 4) is 0 Å². The Labute approximate surface area is 210 Å². The molecule has 0 spiro atoms. The number of alkyl halides is 1. The van der Waals surface area contributed by atoms with Crippen molar-refractivity contribution in [2.75, 3.05) is 19.8 Å². The Kier molecular flexibility index (Phi) is 10.2. The standard InChI is InChI=1S/C28H47ClO2.C2H6/c1-20(2)7-5-6-8-21-10-12-25-24-11-9-22-17-23(31-19-30-4)13-16-28(22,18-29)26(24)14-15-27(21,25)3;1-2/h9,20-21,23-26H,5-8,10-19H2,1-4H3;1-2H3.